The molecule has 4 rings (SSSR count). The molecule has 0 unspecified atom stereocenters. The number of aryl methyl sites for hydroxylation is 1. The number of rotatable bonds is 8. The summed E-state index contributed by atoms with van der Waals surface area (Å²) in [5.74, 6) is -0.378. The molecule has 1 saturated heterocycles. The first-order chi connectivity index (χ1) is 16.8. The number of hydrogen-bond donors (Lipinski definition) is 0. The molecule has 0 aliphatic carbocycles. The quantitative estimate of drug-likeness (QED) is 0.444. The van der Waals surface area contributed by atoms with Crippen LogP contribution in [0.1, 0.15) is 80.0 Å². The maximum atomic E-state index is 15.9. The van der Waals surface area contributed by atoms with Crippen molar-refractivity contribution in [1.82, 2.24) is 19.6 Å². The molecular formula is C27H35FN4O3. The van der Waals surface area contributed by atoms with Crippen molar-refractivity contribution in [3.63, 3.8) is 0 Å². The van der Waals surface area contributed by atoms with Gasteiger partial charge in [0.1, 0.15) is 11.4 Å². The molecule has 1 aromatic carbocycles. The molecule has 188 valence electrons. The third-order valence-corrected chi connectivity index (χ3v) is 6.86. The average Bonchev–Trinajstić information content (AvgIpc) is 3.53. The molecule has 3 aromatic rings. The van der Waals surface area contributed by atoms with Crippen molar-refractivity contribution in [2.24, 2.45) is 0 Å². The van der Waals surface area contributed by atoms with E-state index >= 15 is 4.39 Å². The van der Waals surface area contributed by atoms with E-state index in [0.29, 0.717) is 49.1 Å². The zero-order valence-electron chi connectivity index (χ0n) is 21.1. The van der Waals surface area contributed by atoms with Gasteiger partial charge in [0.15, 0.2) is 5.76 Å². The highest BCUT2D eigenvalue weighted by atomic mass is 19.1. The fourth-order valence-electron chi connectivity index (χ4n) is 4.94. The lowest BCUT2D eigenvalue weighted by Gasteiger charge is -2.33. The van der Waals surface area contributed by atoms with Crippen molar-refractivity contribution in [3.8, 4) is 0 Å². The van der Waals surface area contributed by atoms with Gasteiger partial charge in [0.2, 0.25) is 5.91 Å². The lowest BCUT2D eigenvalue weighted by atomic mass is 9.86. The van der Waals surface area contributed by atoms with Gasteiger partial charge in [-0.25, -0.2) is 4.39 Å². The standard InChI is InChI=1S/C27H35FN4O3/c1-5-11-30(4)27(34)23-16-22-25(28)21(15-20(18(2)3)26(22)35-23)19-8-6-12-31(17-19)24(33)9-14-32-13-7-10-29-32/h7,10,13,15-16,18-19H,5-6,8-9,11-12,14,17H2,1-4H3/t19-/m0/s1. The number of piperidine rings is 1. The highest BCUT2D eigenvalue weighted by Crippen LogP contribution is 2.38. The van der Waals surface area contributed by atoms with Crippen molar-refractivity contribution in [2.75, 3.05) is 26.7 Å². The predicted octanol–water partition coefficient (Wildman–Crippen LogP) is 5.17. The fourth-order valence-corrected chi connectivity index (χ4v) is 4.94. The summed E-state index contributed by atoms with van der Waals surface area (Å²) < 4.78 is 23.6. The molecule has 0 radical (unpaired) electrons. The van der Waals surface area contributed by atoms with Gasteiger partial charge < -0.3 is 14.2 Å². The third kappa shape index (κ3) is 5.26. The Morgan fingerprint density at radius 1 is 1.31 bits per heavy atom. The van der Waals surface area contributed by atoms with Gasteiger partial charge in [-0.2, -0.15) is 5.10 Å². The van der Waals surface area contributed by atoms with E-state index in [1.165, 1.54) is 0 Å². The Balaban J connectivity index is 1.60. The molecule has 3 heterocycles. The molecule has 35 heavy (non-hydrogen) atoms. The molecule has 1 fully saturated rings. The molecule has 1 atom stereocenters. The number of aromatic nitrogens is 2. The van der Waals surface area contributed by atoms with Gasteiger partial charge in [0.05, 0.1) is 5.39 Å². The molecule has 7 nitrogen and oxygen atoms in total. The second-order valence-electron chi connectivity index (χ2n) is 9.80. The van der Waals surface area contributed by atoms with Crippen molar-refractivity contribution in [2.45, 2.75) is 64.8 Å². The molecule has 0 saturated carbocycles. The van der Waals surface area contributed by atoms with Crippen LogP contribution in [0.3, 0.4) is 0 Å². The van der Waals surface area contributed by atoms with Crippen LogP contribution >= 0.6 is 0 Å². The van der Waals surface area contributed by atoms with Gasteiger partial charge in [-0.15, -0.1) is 0 Å². The number of benzene rings is 1. The summed E-state index contributed by atoms with van der Waals surface area (Å²) in [4.78, 5) is 29.1. The first kappa shape index (κ1) is 24.9. The predicted molar refractivity (Wildman–Crippen MR) is 133 cm³/mol. The number of carbonyl (C=O) groups is 2. The molecule has 2 aromatic heterocycles. The van der Waals surface area contributed by atoms with Crippen LogP contribution < -0.4 is 0 Å². The van der Waals surface area contributed by atoms with Gasteiger partial charge in [-0.05, 0) is 48.4 Å². The molecule has 0 spiro atoms. The van der Waals surface area contributed by atoms with Gasteiger partial charge in [-0.3, -0.25) is 14.3 Å². The second-order valence-corrected chi connectivity index (χ2v) is 9.80. The Kier molecular flexibility index (Phi) is 7.57. The molecule has 8 heteroatoms. The minimum absolute atomic E-state index is 0.0610. The van der Waals surface area contributed by atoms with E-state index in [9.17, 15) is 9.59 Å². The molecule has 0 bridgehead atoms. The summed E-state index contributed by atoms with van der Waals surface area (Å²) in [5.41, 5.74) is 1.93. The van der Waals surface area contributed by atoms with Crippen LogP contribution in [0.4, 0.5) is 4.39 Å². The van der Waals surface area contributed by atoms with Crippen molar-refractivity contribution in [1.29, 1.82) is 0 Å². The summed E-state index contributed by atoms with van der Waals surface area (Å²) in [5, 5.41) is 4.51. The van der Waals surface area contributed by atoms with E-state index in [2.05, 4.69) is 5.10 Å². The van der Waals surface area contributed by atoms with Gasteiger partial charge in [0, 0.05) is 64.0 Å². The van der Waals surface area contributed by atoms with Gasteiger partial charge >= 0.3 is 0 Å². The first-order valence-corrected chi connectivity index (χ1v) is 12.6. The zero-order chi connectivity index (χ0) is 25.1. The monoisotopic (exact) mass is 482 g/mol. The summed E-state index contributed by atoms with van der Waals surface area (Å²) >= 11 is 0. The van der Waals surface area contributed by atoms with E-state index in [0.717, 1.165) is 24.8 Å². The maximum absolute atomic E-state index is 15.9. The summed E-state index contributed by atoms with van der Waals surface area (Å²) in [6.07, 6.45) is 6.37. The Morgan fingerprint density at radius 3 is 2.80 bits per heavy atom. The van der Waals surface area contributed by atoms with Crippen LogP contribution in [0.15, 0.2) is 35.0 Å². The number of likely N-dealkylation sites (tertiary alicyclic amines) is 1. The Bertz CT molecular complexity index is 1180. The number of fused-ring (bicyclic) bond motifs is 1. The number of amides is 2. The van der Waals surface area contributed by atoms with Crippen LogP contribution in [0.5, 0.6) is 0 Å². The third-order valence-electron chi connectivity index (χ3n) is 6.86. The van der Waals surface area contributed by atoms with Crippen LogP contribution in [0.2, 0.25) is 0 Å². The van der Waals surface area contributed by atoms with Gasteiger partial charge in [-0.1, -0.05) is 20.8 Å². The molecule has 1 aliphatic rings. The summed E-state index contributed by atoms with van der Waals surface area (Å²) in [7, 11) is 1.73. The summed E-state index contributed by atoms with van der Waals surface area (Å²) in [6, 6.07) is 5.27. The Labute approximate surface area is 205 Å². The molecule has 0 N–H and O–H groups in total. The molecule has 2 amide bonds. The minimum Gasteiger partial charge on any atom is -0.450 e. The van der Waals surface area contributed by atoms with E-state index < -0.39 is 0 Å². The lowest BCUT2D eigenvalue weighted by Crippen LogP contribution is -2.39. The number of hydrogen-bond acceptors (Lipinski definition) is 4. The normalized spacial score (nSPS) is 16.3. The van der Waals surface area contributed by atoms with Crippen LogP contribution in [0.25, 0.3) is 11.0 Å². The Hall–Kier alpha value is -3.16. The molecular weight excluding hydrogens is 447 g/mol. The maximum Gasteiger partial charge on any atom is 0.289 e. The number of carbonyl (C=O) groups excluding carboxylic acids is 2. The van der Waals surface area contributed by atoms with E-state index in [1.807, 2.05) is 44.0 Å². The SMILES string of the molecule is CCCN(C)C(=O)c1cc2c(F)c([C@H]3CCCN(C(=O)CCn4cccn4)C3)cc(C(C)C)c2o1. The second kappa shape index (κ2) is 10.6. The molecule has 1 aliphatic heterocycles. The van der Waals surface area contributed by atoms with E-state index in [-0.39, 0.29) is 35.2 Å². The lowest BCUT2D eigenvalue weighted by molar-refractivity contribution is -0.132. The van der Waals surface area contributed by atoms with E-state index in [4.69, 9.17) is 4.42 Å². The zero-order valence-corrected chi connectivity index (χ0v) is 21.1. The fraction of sp³-hybridized carbons (Fsp3) is 0.519. The highest BCUT2D eigenvalue weighted by molar-refractivity contribution is 5.97. The highest BCUT2D eigenvalue weighted by Gasteiger charge is 2.30. The largest absolute Gasteiger partial charge is 0.450 e. The average molecular weight is 483 g/mol. The smallest absolute Gasteiger partial charge is 0.289 e. The number of furan rings is 1. The topological polar surface area (TPSA) is 71.6 Å². The van der Waals surface area contributed by atoms with Crippen molar-refractivity contribution < 1.29 is 18.4 Å². The van der Waals surface area contributed by atoms with Crippen molar-refractivity contribution in [3.05, 3.63) is 53.3 Å². The van der Waals surface area contributed by atoms with Crippen LogP contribution in [0, 0.1) is 5.82 Å². The van der Waals surface area contributed by atoms with E-state index in [1.54, 1.807) is 28.9 Å². The number of halogens is 1. The van der Waals surface area contributed by atoms with Gasteiger partial charge in [0.25, 0.3) is 5.91 Å². The minimum atomic E-state index is -0.346. The summed E-state index contributed by atoms with van der Waals surface area (Å²) in [6.45, 7) is 8.38. The Morgan fingerprint density at radius 2 is 2.11 bits per heavy atom. The van der Waals surface area contributed by atoms with Crippen LogP contribution in [-0.2, 0) is 11.3 Å². The first-order valence-electron chi connectivity index (χ1n) is 12.6. The number of nitrogens with zero attached hydrogens (tertiary/aromatic N) is 4. The van der Waals surface area contributed by atoms with Crippen LogP contribution in [-0.4, -0.2) is 58.1 Å². The van der Waals surface area contributed by atoms with Crippen molar-refractivity contribution >= 4 is 22.8 Å².